The Kier molecular flexibility index (Phi) is 6.27. The standard InChI is InChI=1S/C18H19F3N2O2/c1-2-23(14-8-4-3-5-9-14)12-17(24)22-15-10-6-7-11-16(15)25-13-18(19,20)21/h3-11H,2,12-13H2,1H3,(H,22,24). The van der Waals surface area contributed by atoms with Crippen molar-refractivity contribution in [3.05, 3.63) is 54.6 Å². The normalized spacial score (nSPS) is 11.0. The summed E-state index contributed by atoms with van der Waals surface area (Å²) >= 11 is 0. The van der Waals surface area contributed by atoms with Crippen molar-refractivity contribution < 1.29 is 22.7 Å². The monoisotopic (exact) mass is 352 g/mol. The minimum Gasteiger partial charge on any atom is -0.482 e. The number of alkyl halides is 3. The molecule has 4 nitrogen and oxygen atoms in total. The first-order valence-electron chi connectivity index (χ1n) is 7.77. The van der Waals surface area contributed by atoms with Crippen molar-refractivity contribution in [2.45, 2.75) is 13.1 Å². The second kappa shape index (κ2) is 8.41. The molecule has 0 saturated heterocycles. The summed E-state index contributed by atoms with van der Waals surface area (Å²) in [6, 6.07) is 15.4. The highest BCUT2D eigenvalue weighted by molar-refractivity contribution is 5.95. The number of likely N-dealkylation sites (N-methyl/N-ethyl adjacent to an activating group) is 1. The van der Waals surface area contributed by atoms with E-state index in [9.17, 15) is 18.0 Å². The van der Waals surface area contributed by atoms with Crippen LogP contribution in [0.5, 0.6) is 5.75 Å². The van der Waals surface area contributed by atoms with Gasteiger partial charge in [-0.15, -0.1) is 0 Å². The number of hydrogen-bond acceptors (Lipinski definition) is 3. The largest absolute Gasteiger partial charge is 0.482 e. The number of ether oxygens (including phenoxy) is 1. The van der Waals surface area contributed by atoms with Gasteiger partial charge in [-0.25, -0.2) is 0 Å². The Bertz CT molecular complexity index is 690. The van der Waals surface area contributed by atoms with Gasteiger partial charge in [0.1, 0.15) is 5.75 Å². The lowest BCUT2D eigenvalue weighted by Crippen LogP contribution is -2.33. The summed E-state index contributed by atoms with van der Waals surface area (Å²) in [5, 5.41) is 2.61. The second-order valence-corrected chi connectivity index (χ2v) is 5.30. The quantitative estimate of drug-likeness (QED) is 0.816. The first kappa shape index (κ1) is 18.6. The van der Waals surface area contributed by atoms with E-state index in [0.717, 1.165) is 5.69 Å². The van der Waals surface area contributed by atoms with Gasteiger partial charge in [0.25, 0.3) is 0 Å². The maximum Gasteiger partial charge on any atom is 0.422 e. The van der Waals surface area contributed by atoms with Gasteiger partial charge < -0.3 is 15.0 Å². The Morgan fingerprint density at radius 3 is 2.36 bits per heavy atom. The fourth-order valence-electron chi connectivity index (χ4n) is 2.24. The molecular formula is C18H19F3N2O2. The fourth-order valence-corrected chi connectivity index (χ4v) is 2.24. The molecule has 25 heavy (non-hydrogen) atoms. The third kappa shape index (κ3) is 6.02. The van der Waals surface area contributed by atoms with Gasteiger partial charge in [0, 0.05) is 12.2 Å². The molecule has 134 valence electrons. The third-order valence-corrected chi connectivity index (χ3v) is 3.39. The fraction of sp³-hybridized carbons (Fsp3) is 0.278. The number of halogens is 3. The van der Waals surface area contributed by atoms with E-state index in [4.69, 9.17) is 4.74 Å². The zero-order valence-corrected chi connectivity index (χ0v) is 13.7. The summed E-state index contributed by atoms with van der Waals surface area (Å²) in [5.74, 6) is -0.357. The Balaban J connectivity index is 2.02. The number of nitrogens with one attached hydrogen (secondary N) is 1. The molecule has 0 aliphatic heterocycles. The van der Waals surface area contributed by atoms with Gasteiger partial charge in [0.05, 0.1) is 12.2 Å². The van der Waals surface area contributed by atoms with E-state index in [-0.39, 0.29) is 23.9 Å². The van der Waals surface area contributed by atoms with Crippen molar-refractivity contribution in [2.75, 3.05) is 29.9 Å². The molecule has 0 spiro atoms. The summed E-state index contributed by atoms with van der Waals surface area (Å²) < 4.78 is 41.7. The van der Waals surface area contributed by atoms with E-state index in [2.05, 4.69) is 5.32 Å². The molecule has 0 aliphatic rings. The third-order valence-electron chi connectivity index (χ3n) is 3.39. The maximum absolute atomic E-state index is 12.3. The number of rotatable bonds is 7. The van der Waals surface area contributed by atoms with E-state index >= 15 is 0 Å². The van der Waals surface area contributed by atoms with Crippen LogP contribution in [0.15, 0.2) is 54.6 Å². The molecular weight excluding hydrogens is 333 g/mol. The van der Waals surface area contributed by atoms with Gasteiger partial charge in [-0.05, 0) is 31.2 Å². The van der Waals surface area contributed by atoms with Crippen molar-refractivity contribution in [3.63, 3.8) is 0 Å². The molecule has 2 aromatic carbocycles. The molecule has 7 heteroatoms. The maximum atomic E-state index is 12.3. The number of benzene rings is 2. The molecule has 2 rings (SSSR count). The van der Waals surface area contributed by atoms with Crippen LogP contribution in [-0.2, 0) is 4.79 Å². The van der Waals surface area contributed by atoms with E-state index < -0.39 is 12.8 Å². The number of amides is 1. The van der Waals surface area contributed by atoms with Gasteiger partial charge in [-0.2, -0.15) is 13.2 Å². The molecule has 0 atom stereocenters. The minimum absolute atomic E-state index is 0.0177. The van der Waals surface area contributed by atoms with Crippen LogP contribution < -0.4 is 15.0 Å². The van der Waals surface area contributed by atoms with Crippen LogP contribution in [0.3, 0.4) is 0 Å². The number of para-hydroxylation sites is 3. The van der Waals surface area contributed by atoms with Gasteiger partial charge >= 0.3 is 6.18 Å². The van der Waals surface area contributed by atoms with Crippen LogP contribution >= 0.6 is 0 Å². The summed E-state index contributed by atoms with van der Waals surface area (Å²) in [6.45, 7) is 1.20. The van der Waals surface area contributed by atoms with Gasteiger partial charge in [0.15, 0.2) is 6.61 Å². The summed E-state index contributed by atoms with van der Waals surface area (Å²) in [5.41, 5.74) is 1.10. The first-order valence-corrected chi connectivity index (χ1v) is 7.77. The van der Waals surface area contributed by atoms with Crippen molar-refractivity contribution >= 4 is 17.3 Å². The lowest BCUT2D eigenvalue weighted by Gasteiger charge is -2.22. The van der Waals surface area contributed by atoms with Crippen LogP contribution in [0.4, 0.5) is 24.5 Å². The number of nitrogens with zero attached hydrogens (tertiary/aromatic N) is 1. The Morgan fingerprint density at radius 1 is 1.08 bits per heavy atom. The molecule has 1 amide bonds. The number of carbonyl (C=O) groups is 1. The summed E-state index contributed by atoms with van der Waals surface area (Å²) in [7, 11) is 0. The zero-order valence-electron chi connectivity index (χ0n) is 13.7. The van der Waals surface area contributed by atoms with Crippen molar-refractivity contribution in [3.8, 4) is 5.75 Å². The number of hydrogen-bond donors (Lipinski definition) is 1. The molecule has 0 unspecified atom stereocenters. The van der Waals surface area contributed by atoms with E-state index in [1.807, 2.05) is 42.2 Å². The molecule has 0 aliphatic carbocycles. The average Bonchev–Trinajstić information content (AvgIpc) is 2.59. The predicted molar refractivity (Wildman–Crippen MR) is 91.0 cm³/mol. The topological polar surface area (TPSA) is 41.6 Å². The summed E-state index contributed by atoms with van der Waals surface area (Å²) in [6.07, 6.45) is -4.44. The molecule has 2 aromatic rings. The lowest BCUT2D eigenvalue weighted by atomic mass is 10.2. The Morgan fingerprint density at radius 2 is 1.72 bits per heavy atom. The van der Waals surface area contributed by atoms with Crippen LogP contribution in [0.25, 0.3) is 0 Å². The Hall–Kier alpha value is -2.70. The lowest BCUT2D eigenvalue weighted by molar-refractivity contribution is -0.153. The van der Waals surface area contributed by atoms with Crippen molar-refractivity contribution in [1.29, 1.82) is 0 Å². The van der Waals surface area contributed by atoms with E-state index in [1.54, 1.807) is 12.1 Å². The molecule has 0 bridgehead atoms. The molecule has 0 aromatic heterocycles. The smallest absolute Gasteiger partial charge is 0.422 e. The molecule has 0 saturated carbocycles. The van der Waals surface area contributed by atoms with Gasteiger partial charge in [-0.1, -0.05) is 30.3 Å². The minimum atomic E-state index is -4.44. The van der Waals surface area contributed by atoms with E-state index in [1.165, 1.54) is 12.1 Å². The number of carbonyl (C=O) groups excluding carboxylic acids is 1. The van der Waals surface area contributed by atoms with E-state index in [0.29, 0.717) is 6.54 Å². The van der Waals surface area contributed by atoms with Crippen LogP contribution in [-0.4, -0.2) is 31.8 Å². The first-order chi connectivity index (χ1) is 11.9. The highest BCUT2D eigenvalue weighted by Gasteiger charge is 2.28. The van der Waals surface area contributed by atoms with Gasteiger partial charge in [0.2, 0.25) is 5.91 Å². The molecule has 0 radical (unpaired) electrons. The van der Waals surface area contributed by atoms with Gasteiger partial charge in [-0.3, -0.25) is 4.79 Å². The van der Waals surface area contributed by atoms with Crippen molar-refractivity contribution in [1.82, 2.24) is 0 Å². The highest BCUT2D eigenvalue weighted by Crippen LogP contribution is 2.26. The second-order valence-electron chi connectivity index (χ2n) is 5.30. The predicted octanol–water partition coefficient (Wildman–Crippen LogP) is 4.09. The van der Waals surface area contributed by atoms with Crippen molar-refractivity contribution in [2.24, 2.45) is 0 Å². The zero-order chi connectivity index (χ0) is 18.3. The molecule has 0 fully saturated rings. The highest BCUT2D eigenvalue weighted by atomic mass is 19.4. The Labute approximate surface area is 144 Å². The number of anilines is 2. The molecule has 0 heterocycles. The van der Waals surface area contributed by atoms with Crippen LogP contribution in [0, 0.1) is 0 Å². The SMILES string of the molecule is CCN(CC(=O)Nc1ccccc1OCC(F)(F)F)c1ccccc1. The van der Waals surface area contributed by atoms with Crippen LogP contribution in [0.2, 0.25) is 0 Å². The molecule has 1 N–H and O–H groups in total. The average molecular weight is 352 g/mol. The van der Waals surface area contributed by atoms with Crippen LogP contribution in [0.1, 0.15) is 6.92 Å². The summed E-state index contributed by atoms with van der Waals surface area (Å²) in [4.78, 5) is 14.1.